The largest absolute Gasteiger partial charge is 0.342 e. The standard InChI is InChI=1S/C16H22N6O3S/c1-19-11-15(17-12-19)26(24,25)21-8-13(7-20-6-2-3-16(20)23)9-22-14(10-21)4-5-18-22/h4-5,11-13H,2-3,6-10H2,1H3. The van der Waals surface area contributed by atoms with E-state index < -0.39 is 10.0 Å². The lowest BCUT2D eigenvalue weighted by Gasteiger charge is -2.26. The van der Waals surface area contributed by atoms with Crippen molar-refractivity contribution in [1.82, 2.24) is 28.5 Å². The van der Waals surface area contributed by atoms with Crippen molar-refractivity contribution >= 4 is 15.9 Å². The first kappa shape index (κ1) is 17.2. The number of sulfonamides is 1. The van der Waals surface area contributed by atoms with Crippen LogP contribution in [0.1, 0.15) is 18.5 Å². The molecule has 1 atom stereocenters. The molecule has 140 valence electrons. The summed E-state index contributed by atoms with van der Waals surface area (Å²) in [4.78, 5) is 17.9. The molecule has 2 aromatic rings. The Balaban J connectivity index is 1.63. The molecule has 0 aromatic carbocycles. The fourth-order valence-corrected chi connectivity index (χ4v) is 5.11. The molecule has 0 N–H and O–H groups in total. The molecule has 1 saturated heterocycles. The van der Waals surface area contributed by atoms with E-state index >= 15 is 0 Å². The fourth-order valence-electron chi connectivity index (χ4n) is 3.66. The lowest BCUT2D eigenvalue weighted by atomic mass is 10.1. The maximum atomic E-state index is 13.1. The Labute approximate surface area is 152 Å². The van der Waals surface area contributed by atoms with Gasteiger partial charge < -0.3 is 9.47 Å². The zero-order valence-corrected chi connectivity index (χ0v) is 15.5. The molecule has 0 aliphatic carbocycles. The molecule has 26 heavy (non-hydrogen) atoms. The first-order valence-electron chi connectivity index (χ1n) is 8.70. The molecule has 1 unspecified atom stereocenters. The van der Waals surface area contributed by atoms with Crippen LogP contribution in [0.3, 0.4) is 0 Å². The average Bonchev–Trinajstić information content (AvgIpc) is 3.29. The van der Waals surface area contributed by atoms with Crippen molar-refractivity contribution in [2.45, 2.75) is 31.0 Å². The van der Waals surface area contributed by atoms with Crippen LogP contribution in [0.2, 0.25) is 0 Å². The summed E-state index contributed by atoms with van der Waals surface area (Å²) in [5.41, 5.74) is 0.847. The van der Waals surface area contributed by atoms with Gasteiger partial charge >= 0.3 is 0 Å². The normalized spacial score (nSPS) is 21.8. The summed E-state index contributed by atoms with van der Waals surface area (Å²) in [6.07, 6.45) is 6.13. The highest BCUT2D eigenvalue weighted by Crippen LogP contribution is 2.24. The highest BCUT2D eigenvalue weighted by atomic mass is 32.2. The number of carbonyl (C=O) groups is 1. The minimum absolute atomic E-state index is 0.0170. The van der Waals surface area contributed by atoms with Crippen LogP contribution < -0.4 is 0 Å². The monoisotopic (exact) mass is 378 g/mol. The summed E-state index contributed by atoms with van der Waals surface area (Å²) in [7, 11) is -1.97. The van der Waals surface area contributed by atoms with Gasteiger partial charge in [-0.3, -0.25) is 9.48 Å². The van der Waals surface area contributed by atoms with Crippen LogP contribution in [0.15, 0.2) is 29.8 Å². The summed E-state index contributed by atoms with van der Waals surface area (Å²) in [6, 6.07) is 1.84. The van der Waals surface area contributed by atoms with E-state index in [0.717, 1.165) is 18.7 Å². The topological polar surface area (TPSA) is 93.3 Å². The van der Waals surface area contributed by atoms with Gasteiger partial charge in [-0.15, -0.1) is 0 Å². The SMILES string of the molecule is Cn1cnc(S(=O)(=O)N2Cc3ccnn3CC(CN3CCCC3=O)C2)c1. The van der Waals surface area contributed by atoms with Gasteiger partial charge in [0.25, 0.3) is 10.0 Å². The Kier molecular flexibility index (Phi) is 4.31. The van der Waals surface area contributed by atoms with E-state index in [9.17, 15) is 13.2 Å². The van der Waals surface area contributed by atoms with Gasteiger partial charge in [0.15, 0.2) is 5.03 Å². The number of rotatable bonds is 4. The van der Waals surface area contributed by atoms with Gasteiger partial charge in [0.1, 0.15) is 0 Å². The fraction of sp³-hybridized carbons (Fsp3) is 0.562. The van der Waals surface area contributed by atoms with Crippen molar-refractivity contribution in [3.8, 4) is 0 Å². The van der Waals surface area contributed by atoms with E-state index in [1.807, 2.05) is 15.6 Å². The molecule has 4 heterocycles. The second-order valence-corrected chi connectivity index (χ2v) is 8.87. The van der Waals surface area contributed by atoms with Gasteiger partial charge in [0, 0.05) is 58.0 Å². The molecule has 2 aromatic heterocycles. The van der Waals surface area contributed by atoms with E-state index in [2.05, 4.69) is 10.1 Å². The minimum atomic E-state index is -3.71. The van der Waals surface area contributed by atoms with Crippen LogP contribution in [-0.2, 0) is 35.0 Å². The second-order valence-electron chi connectivity index (χ2n) is 6.99. The molecule has 1 fully saturated rings. The zero-order chi connectivity index (χ0) is 18.3. The number of hydrogen-bond donors (Lipinski definition) is 0. The van der Waals surface area contributed by atoms with Gasteiger partial charge in [-0.25, -0.2) is 13.4 Å². The number of likely N-dealkylation sites (tertiary alicyclic amines) is 1. The lowest BCUT2D eigenvalue weighted by molar-refractivity contribution is -0.128. The first-order valence-corrected chi connectivity index (χ1v) is 10.1. The third kappa shape index (κ3) is 3.14. The molecule has 4 rings (SSSR count). The van der Waals surface area contributed by atoms with E-state index in [1.54, 1.807) is 17.8 Å². The quantitative estimate of drug-likeness (QED) is 0.750. The molecule has 2 aliphatic heterocycles. The Morgan fingerprint density at radius 3 is 2.85 bits per heavy atom. The van der Waals surface area contributed by atoms with Crippen molar-refractivity contribution < 1.29 is 13.2 Å². The molecule has 2 aliphatic rings. The number of amides is 1. The van der Waals surface area contributed by atoms with Gasteiger partial charge in [-0.1, -0.05) is 0 Å². The van der Waals surface area contributed by atoms with E-state index in [1.165, 1.54) is 16.8 Å². The first-order chi connectivity index (χ1) is 12.4. The molecule has 0 spiro atoms. The van der Waals surface area contributed by atoms with Crippen molar-refractivity contribution in [2.24, 2.45) is 13.0 Å². The molecule has 10 heteroatoms. The highest BCUT2D eigenvalue weighted by Gasteiger charge is 2.34. The molecular formula is C16H22N6O3S. The van der Waals surface area contributed by atoms with E-state index in [0.29, 0.717) is 26.1 Å². The van der Waals surface area contributed by atoms with Crippen LogP contribution >= 0.6 is 0 Å². The van der Waals surface area contributed by atoms with E-state index in [4.69, 9.17) is 0 Å². The van der Waals surface area contributed by atoms with Crippen LogP contribution in [0, 0.1) is 5.92 Å². The highest BCUT2D eigenvalue weighted by molar-refractivity contribution is 7.89. The molecule has 0 radical (unpaired) electrons. The predicted octanol–water partition coefficient (Wildman–Crippen LogP) is 0.0597. The van der Waals surface area contributed by atoms with Crippen LogP contribution in [-0.4, -0.2) is 62.5 Å². The summed E-state index contributed by atoms with van der Waals surface area (Å²) in [5.74, 6) is 0.130. The van der Waals surface area contributed by atoms with Crippen molar-refractivity contribution in [3.63, 3.8) is 0 Å². The van der Waals surface area contributed by atoms with Gasteiger partial charge in [0.05, 0.1) is 18.6 Å². The van der Waals surface area contributed by atoms with Gasteiger partial charge in [0.2, 0.25) is 5.91 Å². The Morgan fingerprint density at radius 2 is 2.15 bits per heavy atom. The zero-order valence-electron chi connectivity index (χ0n) is 14.7. The van der Waals surface area contributed by atoms with E-state index in [-0.39, 0.29) is 23.4 Å². The Bertz CT molecular complexity index is 918. The minimum Gasteiger partial charge on any atom is -0.342 e. The predicted molar refractivity (Wildman–Crippen MR) is 92.3 cm³/mol. The third-order valence-corrected chi connectivity index (χ3v) is 6.67. The van der Waals surface area contributed by atoms with Crippen molar-refractivity contribution in [3.05, 3.63) is 30.5 Å². The van der Waals surface area contributed by atoms with Crippen LogP contribution in [0.5, 0.6) is 0 Å². The number of carbonyl (C=O) groups excluding carboxylic acids is 1. The Hall–Kier alpha value is -2.20. The second kappa shape index (κ2) is 6.51. The average molecular weight is 378 g/mol. The third-order valence-electron chi connectivity index (χ3n) is 4.97. The molecular weight excluding hydrogens is 356 g/mol. The van der Waals surface area contributed by atoms with Crippen molar-refractivity contribution in [1.29, 1.82) is 0 Å². The maximum Gasteiger partial charge on any atom is 0.262 e. The summed E-state index contributed by atoms with van der Waals surface area (Å²) in [5, 5.41) is 4.37. The summed E-state index contributed by atoms with van der Waals surface area (Å²) in [6.45, 7) is 2.48. The van der Waals surface area contributed by atoms with Gasteiger partial charge in [-0.05, 0) is 12.5 Å². The number of aryl methyl sites for hydroxylation is 1. The molecule has 9 nitrogen and oxygen atoms in total. The summed E-state index contributed by atoms with van der Waals surface area (Å²) >= 11 is 0. The van der Waals surface area contributed by atoms with Gasteiger partial charge in [-0.2, -0.15) is 9.40 Å². The molecule has 0 bridgehead atoms. The number of hydrogen-bond acceptors (Lipinski definition) is 5. The number of nitrogens with zero attached hydrogens (tertiary/aromatic N) is 6. The number of fused-ring (bicyclic) bond motifs is 1. The Morgan fingerprint density at radius 1 is 1.31 bits per heavy atom. The number of imidazole rings is 1. The molecule has 0 saturated carbocycles. The van der Waals surface area contributed by atoms with Crippen molar-refractivity contribution in [2.75, 3.05) is 19.6 Å². The smallest absolute Gasteiger partial charge is 0.262 e. The van der Waals surface area contributed by atoms with Crippen LogP contribution in [0.25, 0.3) is 0 Å². The lowest BCUT2D eigenvalue weighted by Crippen LogP contribution is -2.39. The number of aromatic nitrogens is 4. The summed E-state index contributed by atoms with van der Waals surface area (Å²) < 4.78 is 31.1. The van der Waals surface area contributed by atoms with Crippen LogP contribution in [0.4, 0.5) is 0 Å². The molecule has 1 amide bonds. The maximum absolute atomic E-state index is 13.1.